The summed E-state index contributed by atoms with van der Waals surface area (Å²) < 4.78 is 5.34. The lowest BCUT2D eigenvalue weighted by atomic mass is 9.95. The fraction of sp³-hybridized carbons (Fsp3) is 0.647. The van der Waals surface area contributed by atoms with Gasteiger partial charge in [-0.1, -0.05) is 26.8 Å². The summed E-state index contributed by atoms with van der Waals surface area (Å²) in [6.07, 6.45) is 1.27. The zero-order valence-corrected chi connectivity index (χ0v) is 13.2. The Morgan fingerprint density at radius 1 is 1.35 bits per heavy atom. The molecule has 0 aromatic heterocycles. The maximum atomic E-state index is 5.34. The maximum Gasteiger partial charge on any atom is 0.120 e. The molecular formula is C17H28N2O. The smallest absolute Gasteiger partial charge is 0.120 e. The highest BCUT2D eigenvalue weighted by molar-refractivity contribution is 5.51. The third kappa shape index (κ3) is 4.14. The molecule has 3 nitrogen and oxygen atoms in total. The third-order valence-corrected chi connectivity index (χ3v) is 3.89. The normalized spacial score (nSPS) is 23.1. The van der Waals surface area contributed by atoms with Crippen LogP contribution in [0.4, 0.5) is 5.69 Å². The zero-order valence-electron chi connectivity index (χ0n) is 13.2. The molecule has 1 fully saturated rings. The van der Waals surface area contributed by atoms with E-state index in [4.69, 9.17) is 4.74 Å². The summed E-state index contributed by atoms with van der Waals surface area (Å²) >= 11 is 0. The molecule has 0 bridgehead atoms. The minimum Gasteiger partial charge on any atom is -0.497 e. The predicted octanol–water partition coefficient (Wildman–Crippen LogP) is 3.16. The summed E-state index contributed by atoms with van der Waals surface area (Å²) in [4.78, 5) is 2.48. The van der Waals surface area contributed by atoms with Crippen LogP contribution in [-0.2, 0) is 0 Å². The number of ether oxygens (including phenoxy) is 1. The SMILES string of the molecule is COc1cccc(N2CC(C)CC(NCC(C)C)C2)c1. The van der Waals surface area contributed by atoms with Gasteiger partial charge >= 0.3 is 0 Å². The standard InChI is InChI=1S/C17H28N2O/c1-13(2)10-18-15-8-14(3)11-19(12-15)16-6-5-7-17(9-16)20-4/h5-7,9,13-15,18H,8,10-12H2,1-4H3. The van der Waals surface area contributed by atoms with Crippen LogP contribution >= 0.6 is 0 Å². The topological polar surface area (TPSA) is 24.5 Å². The van der Waals surface area contributed by atoms with E-state index in [0.29, 0.717) is 12.0 Å². The van der Waals surface area contributed by atoms with Crippen LogP contribution in [0.15, 0.2) is 24.3 Å². The van der Waals surface area contributed by atoms with Gasteiger partial charge in [0.15, 0.2) is 0 Å². The van der Waals surface area contributed by atoms with Crippen molar-refractivity contribution in [3.05, 3.63) is 24.3 Å². The summed E-state index contributed by atoms with van der Waals surface area (Å²) in [6.45, 7) is 10.2. The van der Waals surface area contributed by atoms with Gasteiger partial charge in [-0.25, -0.2) is 0 Å². The molecule has 1 aromatic carbocycles. The molecule has 1 N–H and O–H groups in total. The molecule has 3 heteroatoms. The van der Waals surface area contributed by atoms with E-state index in [1.165, 1.54) is 12.1 Å². The molecule has 0 spiro atoms. The second kappa shape index (κ2) is 6.98. The van der Waals surface area contributed by atoms with Crippen LogP contribution in [0, 0.1) is 11.8 Å². The highest BCUT2D eigenvalue weighted by Gasteiger charge is 2.24. The second-order valence-electron chi connectivity index (χ2n) is 6.45. The Balaban J connectivity index is 2.03. The van der Waals surface area contributed by atoms with Crippen LogP contribution in [0.2, 0.25) is 0 Å². The van der Waals surface area contributed by atoms with Crippen molar-refractivity contribution in [2.75, 3.05) is 31.6 Å². The monoisotopic (exact) mass is 276 g/mol. The highest BCUT2D eigenvalue weighted by atomic mass is 16.5. The van der Waals surface area contributed by atoms with Gasteiger partial charge in [0.05, 0.1) is 7.11 Å². The molecule has 1 aromatic rings. The third-order valence-electron chi connectivity index (χ3n) is 3.89. The van der Waals surface area contributed by atoms with Gasteiger partial charge in [0.25, 0.3) is 0 Å². The first kappa shape index (κ1) is 15.2. The van der Waals surface area contributed by atoms with Gasteiger partial charge < -0.3 is 15.0 Å². The van der Waals surface area contributed by atoms with Gasteiger partial charge in [-0.15, -0.1) is 0 Å². The molecule has 0 amide bonds. The molecule has 0 saturated carbocycles. The summed E-state index contributed by atoms with van der Waals surface area (Å²) in [5.74, 6) is 2.37. The number of hydrogen-bond acceptors (Lipinski definition) is 3. The summed E-state index contributed by atoms with van der Waals surface area (Å²) in [7, 11) is 1.73. The van der Waals surface area contributed by atoms with E-state index in [0.717, 1.165) is 31.3 Å². The van der Waals surface area contributed by atoms with Crippen LogP contribution in [-0.4, -0.2) is 32.8 Å². The van der Waals surface area contributed by atoms with Crippen LogP contribution in [0.25, 0.3) is 0 Å². The molecular weight excluding hydrogens is 248 g/mol. The van der Waals surface area contributed by atoms with E-state index in [1.807, 2.05) is 6.07 Å². The number of nitrogens with one attached hydrogen (secondary N) is 1. The number of hydrogen-bond donors (Lipinski definition) is 1. The van der Waals surface area contributed by atoms with E-state index in [1.54, 1.807) is 7.11 Å². The van der Waals surface area contributed by atoms with E-state index < -0.39 is 0 Å². The van der Waals surface area contributed by atoms with E-state index >= 15 is 0 Å². The van der Waals surface area contributed by atoms with Crippen molar-refractivity contribution in [3.63, 3.8) is 0 Å². The summed E-state index contributed by atoms with van der Waals surface area (Å²) in [5.41, 5.74) is 1.27. The van der Waals surface area contributed by atoms with Gasteiger partial charge in [-0.05, 0) is 36.9 Å². The molecule has 0 radical (unpaired) electrons. The highest BCUT2D eigenvalue weighted by Crippen LogP contribution is 2.26. The first-order valence-electron chi connectivity index (χ1n) is 7.71. The lowest BCUT2D eigenvalue weighted by Gasteiger charge is -2.38. The predicted molar refractivity (Wildman–Crippen MR) is 85.6 cm³/mol. The number of piperidine rings is 1. The van der Waals surface area contributed by atoms with Crippen LogP contribution in [0.3, 0.4) is 0 Å². The van der Waals surface area contributed by atoms with Gasteiger partial charge in [0.2, 0.25) is 0 Å². The number of methoxy groups -OCH3 is 1. The average molecular weight is 276 g/mol. The molecule has 2 rings (SSSR count). The van der Waals surface area contributed by atoms with Crippen molar-refractivity contribution in [1.29, 1.82) is 0 Å². The van der Waals surface area contributed by atoms with Gasteiger partial charge in [-0.2, -0.15) is 0 Å². The van der Waals surface area contributed by atoms with Gasteiger partial charge in [0.1, 0.15) is 5.75 Å². The first-order valence-corrected chi connectivity index (χ1v) is 7.71. The van der Waals surface area contributed by atoms with E-state index in [-0.39, 0.29) is 0 Å². The molecule has 2 atom stereocenters. The quantitative estimate of drug-likeness (QED) is 0.894. The number of nitrogens with zero attached hydrogens (tertiary/aromatic N) is 1. The van der Waals surface area contributed by atoms with Crippen molar-refractivity contribution >= 4 is 5.69 Å². The average Bonchev–Trinajstić information content (AvgIpc) is 2.44. The summed E-state index contributed by atoms with van der Waals surface area (Å²) in [6, 6.07) is 8.99. The molecule has 1 aliphatic rings. The van der Waals surface area contributed by atoms with Crippen LogP contribution < -0.4 is 15.0 Å². The van der Waals surface area contributed by atoms with Crippen molar-refractivity contribution in [2.24, 2.45) is 11.8 Å². The van der Waals surface area contributed by atoms with Crippen molar-refractivity contribution in [2.45, 2.75) is 33.2 Å². The van der Waals surface area contributed by atoms with Crippen LogP contribution in [0.1, 0.15) is 27.2 Å². The lowest BCUT2D eigenvalue weighted by Crippen LogP contribution is -2.49. The molecule has 2 unspecified atom stereocenters. The Morgan fingerprint density at radius 3 is 2.85 bits per heavy atom. The first-order chi connectivity index (χ1) is 9.58. The Morgan fingerprint density at radius 2 is 2.15 bits per heavy atom. The Labute approximate surface area is 123 Å². The summed E-state index contributed by atoms with van der Waals surface area (Å²) in [5, 5.41) is 3.71. The lowest BCUT2D eigenvalue weighted by molar-refractivity contribution is 0.339. The largest absolute Gasteiger partial charge is 0.497 e. The van der Waals surface area contributed by atoms with Crippen molar-refractivity contribution in [3.8, 4) is 5.75 Å². The zero-order chi connectivity index (χ0) is 14.5. The van der Waals surface area contributed by atoms with Crippen molar-refractivity contribution in [1.82, 2.24) is 5.32 Å². The second-order valence-corrected chi connectivity index (χ2v) is 6.45. The molecule has 1 heterocycles. The Hall–Kier alpha value is -1.22. The van der Waals surface area contributed by atoms with Crippen molar-refractivity contribution < 1.29 is 4.74 Å². The minimum absolute atomic E-state index is 0.590. The van der Waals surface area contributed by atoms with E-state index in [2.05, 4.69) is 49.2 Å². The number of anilines is 1. The molecule has 0 aliphatic carbocycles. The maximum absolute atomic E-state index is 5.34. The minimum atomic E-state index is 0.590. The van der Waals surface area contributed by atoms with E-state index in [9.17, 15) is 0 Å². The Bertz CT molecular complexity index is 419. The van der Waals surface area contributed by atoms with Crippen LogP contribution in [0.5, 0.6) is 5.75 Å². The molecule has 1 saturated heterocycles. The molecule has 20 heavy (non-hydrogen) atoms. The molecule has 1 aliphatic heterocycles. The number of benzene rings is 1. The number of rotatable bonds is 5. The Kier molecular flexibility index (Phi) is 5.30. The van der Waals surface area contributed by atoms with Gasteiger partial charge in [0, 0.05) is 30.9 Å². The fourth-order valence-electron chi connectivity index (χ4n) is 2.92. The molecule has 112 valence electrons. The van der Waals surface area contributed by atoms with Gasteiger partial charge in [-0.3, -0.25) is 0 Å². The fourth-order valence-corrected chi connectivity index (χ4v) is 2.92.